The van der Waals surface area contributed by atoms with E-state index in [1.807, 2.05) is 95.2 Å². The number of carboxylic acids is 2. The SMILES string of the molecule is CC(C)(C)c1cc(C(C)(C)C)c(SCC(=O)O)c(O)c1O.CC(C)(C)c1cc(C(C)(C)C)c(SCC(=O)O)c(O)c1O.[Mn]. The van der Waals surface area contributed by atoms with E-state index in [4.69, 9.17) is 10.2 Å². The second kappa shape index (κ2) is 14.7. The zero-order valence-corrected chi connectivity index (χ0v) is 30.1. The molecule has 0 aliphatic carbocycles. The third-order valence-electron chi connectivity index (χ3n) is 6.37. The van der Waals surface area contributed by atoms with E-state index in [0.29, 0.717) is 20.9 Å². The number of rotatable bonds is 6. The molecule has 0 heterocycles. The van der Waals surface area contributed by atoms with Crippen LogP contribution < -0.4 is 0 Å². The molecule has 243 valence electrons. The van der Waals surface area contributed by atoms with E-state index < -0.39 is 11.9 Å². The molecular formula is C32H48MnO8S2. The number of hydrogen-bond acceptors (Lipinski definition) is 8. The standard InChI is InChI=1S/2C16H24O4S.Mn/c2*1-15(2,3)9-7-10(16(4,5)6)14(13(20)12(9)19)21-8-11(17)18;/h2*7,19-20H,8H2,1-6H3,(H,17,18);. The third-order valence-corrected chi connectivity index (χ3v) is 8.55. The summed E-state index contributed by atoms with van der Waals surface area (Å²) in [5.41, 5.74) is 1.81. The summed E-state index contributed by atoms with van der Waals surface area (Å²) >= 11 is 2.07. The van der Waals surface area contributed by atoms with E-state index in [0.717, 1.165) is 34.7 Å². The van der Waals surface area contributed by atoms with Crippen molar-refractivity contribution in [2.24, 2.45) is 0 Å². The van der Waals surface area contributed by atoms with Crippen molar-refractivity contribution in [2.75, 3.05) is 11.5 Å². The number of phenolic OH excluding ortho intramolecular Hbond substituents is 4. The largest absolute Gasteiger partial charge is 0.504 e. The van der Waals surface area contributed by atoms with Gasteiger partial charge in [0.2, 0.25) is 0 Å². The fraction of sp³-hybridized carbons (Fsp3) is 0.562. The van der Waals surface area contributed by atoms with Crippen LogP contribution in [0.1, 0.15) is 105 Å². The summed E-state index contributed by atoms with van der Waals surface area (Å²) < 4.78 is 0. The Morgan fingerprint density at radius 2 is 0.744 bits per heavy atom. The normalized spacial score (nSPS) is 12.2. The second-order valence-corrected chi connectivity index (χ2v) is 16.3. The van der Waals surface area contributed by atoms with E-state index in [9.17, 15) is 30.0 Å². The van der Waals surface area contributed by atoms with Gasteiger partial charge in [-0.3, -0.25) is 9.59 Å². The van der Waals surface area contributed by atoms with Crippen molar-refractivity contribution in [3.63, 3.8) is 0 Å². The molecule has 11 heteroatoms. The Morgan fingerprint density at radius 3 is 0.930 bits per heavy atom. The molecule has 2 aromatic carbocycles. The van der Waals surface area contributed by atoms with E-state index in [2.05, 4.69) is 0 Å². The Bertz CT molecular complexity index is 1210. The van der Waals surface area contributed by atoms with Gasteiger partial charge in [0.05, 0.1) is 21.3 Å². The summed E-state index contributed by atoms with van der Waals surface area (Å²) in [6.45, 7) is 23.7. The van der Waals surface area contributed by atoms with E-state index >= 15 is 0 Å². The minimum Gasteiger partial charge on any atom is -0.504 e. The van der Waals surface area contributed by atoms with Gasteiger partial charge < -0.3 is 30.6 Å². The molecule has 0 spiro atoms. The molecule has 2 aromatic rings. The van der Waals surface area contributed by atoms with Gasteiger partial charge in [0.15, 0.2) is 23.0 Å². The molecule has 0 fully saturated rings. The van der Waals surface area contributed by atoms with Crippen LogP contribution in [0, 0.1) is 0 Å². The molecule has 0 aromatic heterocycles. The Balaban J connectivity index is 0.000000802. The monoisotopic (exact) mass is 679 g/mol. The predicted molar refractivity (Wildman–Crippen MR) is 171 cm³/mol. The number of benzene rings is 2. The molecule has 2 rings (SSSR count). The zero-order chi connectivity index (χ0) is 33.2. The third kappa shape index (κ3) is 11.0. The van der Waals surface area contributed by atoms with Crippen LogP contribution in [0.5, 0.6) is 23.0 Å². The number of thioether (sulfide) groups is 2. The first kappa shape index (κ1) is 40.8. The van der Waals surface area contributed by atoms with Crippen LogP contribution in [0.25, 0.3) is 0 Å². The summed E-state index contributed by atoms with van der Waals surface area (Å²) in [5, 5.41) is 58.9. The molecule has 43 heavy (non-hydrogen) atoms. The smallest absolute Gasteiger partial charge is 0.313 e. The summed E-state index contributed by atoms with van der Waals surface area (Å²) in [6.07, 6.45) is 0. The molecule has 8 nitrogen and oxygen atoms in total. The first-order chi connectivity index (χ1) is 18.7. The molecule has 0 amide bonds. The molecule has 0 bridgehead atoms. The van der Waals surface area contributed by atoms with Gasteiger partial charge in [0.25, 0.3) is 0 Å². The fourth-order valence-electron chi connectivity index (χ4n) is 4.10. The molecule has 0 saturated heterocycles. The number of phenols is 4. The summed E-state index contributed by atoms with van der Waals surface area (Å²) in [4.78, 5) is 22.5. The van der Waals surface area contributed by atoms with Gasteiger partial charge >= 0.3 is 11.9 Å². The first-order valence-electron chi connectivity index (χ1n) is 13.6. The molecule has 1 radical (unpaired) electrons. The Labute approximate surface area is 275 Å². The van der Waals surface area contributed by atoms with E-state index in [1.165, 1.54) is 0 Å². The number of aromatic hydroxyl groups is 4. The Morgan fingerprint density at radius 1 is 0.512 bits per heavy atom. The molecular weight excluding hydrogens is 631 g/mol. The van der Waals surface area contributed by atoms with Crippen molar-refractivity contribution in [2.45, 2.75) is 115 Å². The van der Waals surface area contributed by atoms with Gasteiger partial charge in [-0.05, 0) is 44.9 Å². The zero-order valence-electron chi connectivity index (χ0n) is 27.3. The van der Waals surface area contributed by atoms with Gasteiger partial charge in [-0.25, -0.2) is 0 Å². The van der Waals surface area contributed by atoms with Crippen LogP contribution in [0.15, 0.2) is 21.9 Å². The van der Waals surface area contributed by atoms with E-state index in [-0.39, 0.29) is 73.2 Å². The molecule has 6 N–H and O–H groups in total. The van der Waals surface area contributed by atoms with Crippen molar-refractivity contribution in [1.82, 2.24) is 0 Å². The first-order valence-corrected chi connectivity index (χ1v) is 15.6. The van der Waals surface area contributed by atoms with Crippen molar-refractivity contribution < 1.29 is 57.3 Å². The predicted octanol–water partition coefficient (Wildman–Crippen LogP) is 7.74. The Hall–Kier alpha value is -2.20. The summed E-state index contributed by atoms with van der Waals surface area (Å²) in [6, 6.07) is 3.75. The number of aliphatic carboxylic acids is 2. The average molecular weight is 680 g/mol. The molecule has 0 atom stereocenters. The average Bonchev–Trinajstić information content (AvgIpc) is 2.77. The van der Waals surface area contributed by atoms with Crippen LogP contribution >= 0.6 is 23.5 Å². The molecule has 0 aliphatic heterocycles. The second-order valence-electron chi connectivity index (χ2n) is 14.4. The van der Waals surface area contributed by atoms with Crippen molar-refractivity contribution in [1.29, 1.82) is 0 Å². The summed E-state index contributed by atoms with van der Waals surface area (Å²) in [5.74, 6) is -3.02. The minimum atomic E-state index is -0.960. The summed E-state index contributed by atoms with van der Waals surface area (Å²) in [7, 11) is 0. The van der Waals surface area contributed by atoms with Gasteiger partial charge in [0.1, 0.15) is 0 Å². The van der Waals surface area contributed by atoms with Crippen LogP contribution in [0.3, 0.4) is 0 Å². The number of carbonyl (C=O) groups is 2. The van der Waals surface area contributed by atoms with Gasteiger partial charge in [-0.2, -0.15) is 0 Å². The van der Waals surface area contributed by atoms with Gasteiger partial charge in [-0.1, -0.05) is 83.1 Å². The maximum absolute atomic E-state index is 10.8. The van der Waals surface area contributed by atoms with Crippen molar-refractivity contribution >= 4 is 35.5 Å². The molecule has 0 aliphatic rings. The van der Waals surface area contributed by atoms with Crippen LogP contribution in [0.2, 0.25) is 0 Å². The number of hydrogen-bond donors (Lipinski definition) is 6. The van der Waals surface area contributed by atoms with Crippen LogP contribution in [-0.2, 0) is 48.3 Å². The van der Waals surface area contributed by atoms with Gasteiger partial charge in [0, 0.05) is 28.2 Å². The quantitative estimate of drug-likeness (QED) is 0.101. The van der Waals surface area contributed by atoms with Crippen LogP contribution in [0.4, 0.5) is 0 Å². The maximum Gasteiger partial charge on any atom is 0.313 e. The topological polar surface area (TPSA) is 156 Å². The minimum absolute atomic E-state index is 0. The molecule has 0 unspecified atom stereocenters. The van der Waals surface area contributed by atoms with Crippen molar-refractivity contribution in [3.8, 4) is 23.0 Å². The number of carboxylic acid groups (broad SMARTS) is 2. The molecule has 0 saturated carbocycles. The van der Waals surface area contributed by atoms with E-state index in [1.54, 1.807) is 0 Å². The van der Waals surface area contributed by atoms with Crippen LogP contribution in [-0.4, -0.2) is 54.1 Å². The van der Waals surface area contributed by atoms with Gasteiger partial charge in [-0.15, -0.1) is 23.5 Å². The van der Waals surface area contributed by atoms with Crippen molar-refractivity contribution in [3.05, 3.63) is 34.4 Å². The Kier molecular flexibility index (Phi) is 14.0. The maximum atomic E-state index is 10.8. The fourth-order valence-corrected chi connectivity index (χ4v) is 6.14.